The number of aromatic nitrogens is 1. The Morgan fingerprint density at radius 3 is 1.84 bits per heavy atom. The van der Waals surface area contributed by atoms with Crippen LogP contribution in [0.25, 0.3) is 82.5 Å². The summed E-state index contributed by atoms with van der Waals surface area (Å²) in [7, 11) is 0. The fourth-order valence-corrected chi connectivity index (χ4v) is 8.54. The van der Waals surface area contributed by atoms with Gasteiger partial charge in [0.2, 0.25) is 0 Å². The van der Waals surface area contributed by atoms with Gasteiger partial charge in [-0.1, -0.05) is 146 Å². The van der Waals surface area contributed by atoms with E-state index >= 15 is 0 Å². The predicted octanol–water partition coefficient (Wildman–Crippen LogP) is 14.6. The average molecular weight is 703 g/mol. The van der Waals surface area contributed by atoms with E-state index in [-0.39, 0.29) is 0 Å². The number of fused-ring (bicyclic) bond motifs is 8. The summed E-state index contributed by atoms with van der Waals surface area (Å²) in [5.74, 6) is 0. The second-order valence-corrected chi connectivity index (χ2v) is 14.1. The third-order valence-electron chi connectivity index (χ3n) is 11.0. The molecule has 55 heavy (non-hydrogen) atoms. The van der Waals surface area contributed by atoms with Crippen molar-refractivity contribution in [1.82, 2.24) is 4.57 Å². The molecule has 0 fully saturated rings. The molecule has 11 aromatic rings. The Hall–Kier alpha value is -7.36. The van der Waals surface area contributed by atoms with Crippen LogP contribution in [0.5, 0.6) is 0 Å². The highest BCUT2D eigenvalue weighted by Gasteiger charge is 2.21. The molecule has 0 amide bonds. The summed E-state index contributed by atoms with van der Waals surface area (Å²) >= 11 is 0. The standard InChI is InChI=1S/C52H34N2O/c1-2-15-35(16-3-1)41-22-6-9-27-47(41)53(39-20-13-21-40(34-39)54-48-28-10-7-24-44(48)45-25-8-11-29-49(45)54)38-19-12-18-37(33-38)42-26-14-30-50-51(42)46-32-31-36-17-4-5-23-43(36)52(46)55-50/h1-34H. The summed E-state index contributed by atoms with van der Waals surface area (Å²) < 4.78 is 8.99. The molecule has 3 heteroatoms. The van der Waals surface area contributed by atoms with Gasteiger partial charge >= 0.3 is 0 Å². The van der Waals surface area contributed by atoms with Crippen molar-refractivity contribution >= 4 is 71.6 Å². The zero-order valence-corrected chi connectivity index (χ0v) is 29.9. The lowest BCUT2D eigenvalue weighted by atomic mass is 9.97. The highest BCUT2D eigenvalue weighted by molar-refractivity contribution is 6.19. The fraction of sp³-hybridized carbons (Fsp3) is 0. The van der Waals surface area contributed by atoms with E-state index in [9.17, 15) is 0 Å². The smallest absolute Gasteiger partial charge is 0.143 e. The van der Waals surface area contributed by atoms with Crippen molar-refractivity contribution in [2.45, 2.75) is 0 Å². The Morgan fingerprint density at radius 1 is 0.400 bits per heavy atom. The first kappa shape index (κ1) is 31.2. The normalized spacial score (nSPS) is 11.6. The van der Waals surface area contributed by atoms with Crippen LogP contribution in [0.1, 0.15) is 0 Å². The van der Waals surface area contributed by atoms with Gasteiger partial charge in [-0.3, -0.25) is 0 Å². The van der Waals surface area contributed by atoms with Crippen molar-refractivity contribution < 1.29 is 4.42 Å². The minimum Gasteiger partial charge on any atom is -0.455 e. The number of hydrogen-bond donors (Lipinski definition) is 0. The fourth-order valence-electron chi connectivity index (χ4n) is 8.54. The van der Waals surface area contributed by atoms with Crippen LogP contribution in [0.15, 0.2) is 211 Å². The topological polar surface area (TPSA) is 21.3 Å². The maximum Gasteiger partial charge on any atom is 0.143 e. The first-order chi connectivity index (χ1) is 27.3. The van der Waals surface area contributed by atoms with Crippen LogP contribution in [-0.4, -0.2) is 4.57 Å². The van der Waals surface area contributed by atoms with Crippen molar-refractivity contribution in [2.75, 3.05) is 4.90 Å². The Balaban J connectivity index is 1.14. The van der Waals surface area contributed by atoms with Gasteiger partial charge in [0, 0.05) is 49.6 Å². The third-order valence-corrected chi connectivity index (χ3v) is 11.0. The molecular weight excluding hydrogens is 669 g/mol. The van der Waals surface area contributed by atoms with E-state index in [4.69, 9.17) is 4.42 Å². The molecule has 0 N–H and O–H groups in total. The molecule has 3 nitrogen and oxygen atoms in total. The van der Waals surface area contributed by atoms with Crippen molar-refractivity contribution in [2.24, 2.45) is 0 Å². The number of anilines is 3. The van der Waals surface area contributed by atoms with Crippen LogP contribution in [0.3, 0.4) is 0 Å². The van der Waals surface area contributed by atoms with E-state index in [1.54, 1.807) is 0 Å². The predicted molar refractivity (Wildman–Crippen MR) is 231 cm³/mol. The monoisotopic (exact) mass is 702 g/mol. The molecule has 258 valence electrons. The van der Waals surface area contributed by atoms with Crippen molar-refractivity contribution in [3.63, 3.8) is 0 Å². The van der Waals surface area contributed by atoms with Gasteiger partial charge in [0.1, 0.15) is 11.2 Å². The van der Waals surface area contributed by atoms with Gasteiger partial charge in [-0.05, 0) is 82.7 Å². The van der Waals surface area contributed by atoms with E-state index in [2.05, 4.69) is 216 Å². The van der Waals surface area contributed by atoms with Crippen molar-refractivity contribution in [1.29, 1.82) is 0 Å². The molecule has 0 aliphatic carbocycles. The van der Waals surface area contributed by atoms with Crippen LogP contribution in [0.2, 0.25) is 0 Å². The van der Waals surface area contributed by atoms with Crippen LogP contribution in [0, 0.1) is 0 Å². The lowest BCUT2D eigenvalue weighted by Gasteiger charge is -2.29. The molecule has 0 unspecified atom stereocenters. The molecule has 0 aliphatic heterocycles. The second kappa shape index (κ2) is 12.6. The van der Waals surface area contributed by atoms with E-state index in [0.717, 1.165) is 66.8 Å². The number of hydrogen-bond acceptors (Lipinski definition) is 2. The molecule has 0 spiro atoms. The SMILES string of the molecule is c1ccc(-c2ccccc2N(c2cccc(-c3cccc4oc5c6ccccc6ccc5c34)c2)c2cccc(-n3c4ccccc4c4ccccc43)c2)cc1. The molecule has 0 radical (unpaired) electrons. The number of furan rings is 1. The zero-order chi connectivity index (χ0) is 36.3. The number of para-hydroxylation sites is 3. The molecule has 11 rings (SSSR count). The Bertz CT molecular complexity index is 3170. The van der Waals surface area contributed by atoms with Gasteiger partial charge in [-0.25, -0.2) is 0 Å². The average Bonchev–Trinajstić information content (AvgIpc) is 3.81. The Morgan fingerprint density at radius 2 is 1.02 bits per heavy atom. The van der Waals surface area contributed by atoms with Gasteiger partial charge in [-0.15, -0.1) is 0 Å². The molecular formula is C52H34N2O. The van der Waals surface area contributed by atoms with Crippen LogP contribution in [-0.2, 0) is 0 Å². The Kier molecular flexibility index (Phi) is 7.17. The Labute approximate surface area is 318 Å². The molecule has 9 aromatic carbocycles. The third kappa shape index (κ3) is 5.05. The van der Waals surface area contributed by atoms with E-state index in [1.807, 2.05) is 0 Å². The van der Waals surface area contributed by atoms with Gasteiger partial charge in [0.25, 0.3) is 0 Å². The van der Waals surface area contributed by atoms with E-state index in [0.29, 0.717) is 0 Å². The maximum absolute atomic E-state index is 6.61. The number of rotatable bonds is 6. The van der Waals surface area contributed by atoms with Crippen LogP contribution in [0.4, 0.5) is 17.1 Å². The number of benzene rings is 9. The summed E-state index contributed by atoms with van der Waals surface area (Å²) in [6.45, 7) is 0. The quantitative estimate of drug-likeness (QED) is 0.172. The van der Waals surface area contributed by atoms with Gasteiger partial charge < -0.3 is 13.9 Å². The van der Waals surface area contributed by atoms with Crippen LogP contribution >= 0.6 is 0 Å². The number of nitrogens with zero attached hydrogens (tertiary/aromatic N) is 2. The highest BCUT2D eigenvalue weighted by Crippen LogP contribution is 2.45. The largest absolute Gasteiger partial charge is 0.455 e. The minimum atomic E-state index is 0.888. The van der Waals surface area contributed by atoms with Gasteiger partial charge in [0.05, 0.1) is 16.7 Å². The zero-order valence-electron chi connectivity index (χ0n) is 29.9. The summed E-state index contributed by atoms with van der Waals surface area (Å²) in [6.07, 6.45) is 0. The lowest BCUT2D eigenvalue weighted by molar-refractivity contribution is 0.673. The summed E-state index contributed by atoms with van der Waals surface area (Å²) in [4.78, 5) is 2.41. The highest BCUT2D eigenvalue weighted by atomic mass is 16.3. The first-order valence-electron chi connectivity index (χ1n) is 18.8. The molecule has 0 saturated carbocycles. The molecule has 2 aromatic heterocycles. The van der Waals surface area contributed by atoms with E-state index < -0.39 is 0 Å². The molecule has 0 atom stereocenters. The molecule has 0 bridgehead atoms. The first-order valence-corrected chi connectivity index (χ1v) is 18.8. The minimum absolute atomic E-state index is 0.888. The lowest BCUT2D eigenvalue weighted by Crippen LogP contribution is -2.12. The van der Waals surface area contributed by atoms with Gasteiger partial charge in [0.15, 0.2) is 0 Å². The van der Waals surface area contributed by atoms with Crippen molar-refractivity contribution in [3.8, 4) is 27.9 Å². The molecule has 2 heterocycles. The summed E-state index contributed by atoms with van der Waals surface area (Å²) in [5.41, 5.74) is 13.1. The maximum atomic E-state index is 6.61. The molecule has 0 saturated heterocycles. The second-order valence-electron chi connectivity index (χ2n) is 14.1. The van der Waals surface area contributed by atoms with Crippen molar-refractivity contribution in [3.05, 3.63) is 206 Å². The van der Waals surface area contributed by atoms with Gasteiger partial charge in [-0.2, -0.15) is 0 Å². The molecule has 0 aliphatic rings. The van der Waals surface area contributed by atoms with Crippen LogP contribution < -0.4 is 4.90 Å². The summed E-state index contributed by atoms with van der Waals surface area (Å²) in [5, 5.41) is 7.05. The van der Waals surface area contributed by atoms with E-state index in [1.165, 1.54) is 32.8 Å². The summed E-state index contributed by atoms with van der Waals surface area (Å²) in [6, 6.07) is 73.9.